The van der Waals surface area contributed by atoms with Crippen molar-refractivity contribution in [1.29, 1.82) is 0 Å². The van der Waals surface area contributed by atoms with E-state index >= 15 is 0 Å². The Kier molecular flexibility index (Phi) is 6.52. The Morgan fingerprint density at radius 3 is 2.90 bits per heavy atom. The minimum atomic E-state index is -4.54. The molecule has 3 rings (SSSR count). The first-order valence-electron chi connectivity index (χ1n) is 9.04. The molecule has 0 spiro atoms. The van der Waals surface area contributed by atoms with E-state index in [0.717, 1.165) is 0 Å². The van der Waals surface area contributed by atoms with Crippen molar-refractivity contribution >= 4 is 23.4 Å². The van der Waals surface area contributed by atoms with E-state index in [1.54, 1.807) is 6.92 Å². The van der Waals surface area contributed by atoms with E-state index in [1.165, 1.54) is 23.2 Å². The van der Waals surface area contributed by atoms with Crippen LogP contribution >= 0.6 is 11.6 Å². The summed E-state index contributed by atoms with van der Waals surface area (Å²) in [6.07, 6.45) is -0.678. The van der Waals surface area contributed by atoms with Gasteiger partial charge in [0.2, 0.25) is 0 Å². The van der Waals surface area contributed by atoms with Crippen molar-refractivity contribution in [2.24, 2.45) is 0 Å². The molecule has 0 saturated carbocycles. The van der Waals surface area contributed by atoms with E-state index < -0.39 is 30.6 Å². The first-order valence-corrected chi connectivity index (χ1v) is 9.42. The number of ether oxygens (including phenoxy) is 1. The smallest absolute Gasteiger partial charge is 0.420 e. The molecule has 1 atom stereocenters. The highest BCUT2D eigenvalue weighted by atomic mass is 35.5. The molecule has 1 aliphatic heterocycles. The average Bonchev–Trinajstić information content (AvgIpc) is 3.02. The normalized spacial score (nSPS) is 14.1. The second-order valence-corrected chi connectivity index (χ2v) is 7.26. The van der Waals surface area contributed by atoms with E-state index in [-0.39, 0.29) is 36.3 Å². The van der Waals surface area contributed by atoms with Gasteiger partial charge in [-0.15, -0.1) is 0 Å². The fourth-order valence-corrected chi connectivity index (χ4v) is 3.14. The van der Waals surface area contributed by atoms with Crippen LogP contribution in [0.1, 0.15) is 38.9 Å². The van der Waals surface area contributed by atoms with Gasteiger partial charge in [0.25, 0.3) is 11.8 Å². The SMILES string of the molecule is C[C@@H](CO)NC(=O)c1nccc2c1CN(Cc1c#[n+]c(OCC(F)(F)F)c(Cl)c1)C2=O. The number of pyridine rings is 1. The number of carbonyl (C=O) groups excluding carboxylic acids is 2. The van der Waals surface area contributed by atoms with Gasteiger partial charge < -0.3 is 20.1 Å². The molecule has 1 aliphatic rings. The van der Waals surface area contributed by atoms with Crippen LogP contribution in [-0.4, -0.2) is 52.2 Å². The average molecular weight is 458 g/mol. The maximum atomic E-state index is 12.7. The lowest BCUT2D eigenvalue weighted by atomic mass is 10.1. The molecule has 0 radical (unpaired) electrons. The van der Waals surface area contributed by atoms with Crippen LogP contribution in [0.25, 0.3) is 0 Å². The second-order valence-electron chi connectivity index (χ2n) is 6.85. The van der Waals surface area contributed by atoms with Gasteiger partial charge >= 0.3 is 18.3 Å². The third-order valence-electron chi connectivity index (χ3n) is 4.33. The molecule has 8 nitrogen and oxygen atoms in total. The van der Waals surface area contributed by atoms with E-state index in [4.69, 9.17) is 16.7 Å². The lowest BCUT2D eigenvalue weighted by Crippen LogP contribution is -2.36. The molecule has 0 aliphatic carbocycles. The van der Waals surface area contributed by atoms with Gasteiger partial charge in [-0.1, -0.05) is 11.6 Å². The zero-order valence-corrected chi connectivity index (χ0v) is 16.9. The van der Waals surface area contributed by atoms with Crippen LogP contribution in [0, 0.1) is 6.20 Å². The number of rotatable bonds is 7. The van der Waals surface area contributed by atoms with Gasteiger partial charge in [-0.3, -0.25) is 14.6 Å². The number of hydrogen-bond acceptors (Lipinski definition) is 5. The van der Waals surface area contributed by atoms with Crippen LogP contribution in [0.2, 0.25) is 5.02 Å². The summed E-state index contributed by atoms with van der Waals surface area (Å²) < 4.78 is 41.4. The van der Waals surface area contributed by atoms with Crippen LogP contribution < -0.4 is 15.0 Å². The Labute approximate surface area is 180 Å². The number of fused-ring (bicyclic) bond motifs is 1. The second kappa shape index (κ2) is 8.95. The van der Waals surface area contributed by atoms with E-state index in [2.05, 4.69) is 26.2 Å². The zero-order valence-electron chi connectivity index (χ0n) is 16.2. The van der Waals surface area contributed by atoms with Gasteiger partial charge in [-0.2, -0.15) is 13.2 Å². The molecule has 0 unspecified atom stereocenters. The molecule has 0 fully saturated rings. The lowest BCUT2D eigenvalue weighted by Gasteiger charge is -2.14. The molecule has 0 bridgehead atoms. The van der Waals surface area contributed by atoms with Crippen LogP contribution in [0.5, 0.6) is 5.88 Å². The maximum Gasteiger partial charge on any atom is 0.520 e. The third-order valence-corrected chi connectivity index (χ3v) is 4.60. The van der Waals surface area contributed by atoms with Crippen LogP contribution in [-0.2, 0) is 13.1 Å². The number of nitrogens with zero attached hydrogens (tertiary/aromatic N) is 3. The van der Waals surface area contributed by atoms with Crippen LogP contribution in [0.15, 0.2) is 18.3 Å². The molecule has 164 valence electrons. The first kappa shape index (κ1) is 22.6. The number of aliphatic hydroxyl groups excluding tert-OH is 1. The van der Waals surface area contributed by atoms with Crippen molar-refractivity contribution in [2.75, 3.05) is 13.2 Å². The molecule has 2 aromatic rings. The predicted molar refractivity (Wildman–Crippen MR) is 99.3 cm³/mol. The lowest BCUT2D eigenvalue weighted by molar-refractivity contribution is -0.322. The predicted octanol–water partition coefficient (Wildman–Crippen LogP) is 1.34. The molecule has 0 saturated heterocycles. The first-order chi connectivity index (χ1) is 14.6. The number of aliphatic hydroxyl groups is 1. The summed E-state index contributed by atoms with van der Waals surface area (Å²) in [5, 5.41) is 11.5. The topological polar surface area (TPSA) is 106 Å². The Morgan fingerprint density at radius 1 is 1.52 bits per heavy atom. The van der Waals surface area contributed by atoms with Gasteiger partial charge in [-0.05, 0) is 19.1 Å². The molecule has 12 heteroatoms. The monoisotopic (exact) mass is 457 g/mol. The molecule has 3 heterocycles. The highest BCUT2D eigenvalue weighted by Gasteiger charge is 2.34. The third kappa shape index (κ3) is 5.34. The number of aromatic nitrogens is 2. The Balaban J connectivity index is 1.74. The number of hydrogen-bond donors (Lipinski definition) is 2. The number of carbonyl (C=O) groups is 2. The van der Waals surface area contributed by atoms with Crippen molar-refractivity contribution < 1.29 is 37.6 Å². The Morgan fingerprint density at radius 2 is 2.26 bits per heavy atom. The summed E-state index contributed by atoms with van der Waals surface area (Å²) in [5.74, 6) is -1.29. The van der Waals surface area contributed by atoms with Crippen molar-refractivity contribution in [3.8, 4) is 5.88 Å². The Bertz CT molecular complexity index is 1000. The molecular weight excluding hydrogens is 441 g/mol. The van der Waals surface area contributed by atoms with Gasteiger partial charge in [-0.25, -0.2) is 0 Å². The van der Waals surface area contributed by atoms with E-state index in [0.29, 0.717) is 16.7 Å². The quantitative estimate of drug-likeness (QED) is 0.650. The number of alkyl halides is 3. The molecule has 31 heavy (non-hydrogen) atoms. The minimum absolute atomic E-state index is 0.00782. The van der Waals surface area contributed by atoms with Crippen molar-refractivity contribution in [3.63, 3.8) is 0 Å². The highest BCUT2D eigenvalue weighted by Crippen LogP contribution is 2.27. The van der Waals surface area contributed by atoms with Gasteiger partial charge in [0, 0.05) is 34.9 Å². The Hall–Kier alpha value is -3.10. The van der Waals surface area contributed by atoms with Crippen molar-refractivity contribution in [1.82, 2.24) is 15.2 Å². The van der Waals surface area contributed by atoms with Crippen LogP contribution in [0.3, 0.4) is 0 Å². The number of amides is 2. The van der Waals surface area contributed by atoms with Gasteiger partial charge in [0.1, 0.15) is 11.3 Å². The van der Waals surface area contributed by atoms with Crippen LogP contribution in [0.4, 0.5) is 13.2 Å². The summed E-state index contributed by atoms with van der Waals surface area (Å²) in [5.41, 5.74) is 1.16. The van der Waals surface area contributed by atoms with Crippen molar-refractivity contribution in [2.45, 2.75) is 32.2 Å². The van der Waals surface area contributed by atoms with Gasteiger partial charge in [0.05, 0.1) is 13.2 Å². The highest BCUT2D eigenvalue weighted by molar-refractivity contribution is 6.31. The summed E-state index contributed by atoms with van der Waals surface area (Å²) >= 11 is 5.94. The molecular formula is C19H17ClF3N4O4+. The fourth-order valence-electron chi connectivity index (χ4n) is 2.91. The number of nitrogens with one attached hydrogen (secondary N) is 1. The molecule has 0 aromatic carbocycles. The summed E-state index contributed by atoms with van der Waals surface area (Å²) in [4.78, 5) is 34.3. The fraction of sp³-hybridized carbons (Fsp3) is 0.368. The number of halogens is 4. The largest absolute Gasteiger partial charge is 0.520 e. The minimum Gasteiger partial charge on any atom is -0.420 e. The summed E-state index contributed by atoms with van der Waals surface area (Å²) in [6.45, 7) is -0.0885. The summed E-state index contributed by atoms with van der Waals surface area (Å²) in [7, 11) is 0. The zero-order chi connectivity index (χ0) is 22.8. The van der Waals surface area contributed by atoms with E-state index in [9.17, 15) is 22.8 Å². The molecule has 2 aromatic heterocycles. The maximum absolute atomic E-state index is 12.7. The van der Waals surface area contributed by atoms with E-state index in [1.807, 2.05) is 0 Å². The summed E-state index contributed by atoms with van der Waals surface area (Å²) in [6, 6.07) is 2.32. The van der Waals surface area contributed by atoms with Gasteiger partial charge in [0.15, 0.2) is 11.6 Å². The molecule has 2 N–H and O–H groups in total. The van der Waals surface area contributed by atoms with Crippen molar-refractivity contribution in [3.05, 3.63) is 51.9 Å². The standard InChI is InChI=1S/C19H16ClF3N4O4/c1-10(8-28)26-16(29)15-13-7-27(18(30)12(13)2-3-24-15)6-11-4-14(20)17(25-5-11)31-9-19(21,22)23/h2-4,10,28H,6-9H2,1H3/p+1/t10-/m0/s1. The molecule has 2 amide bonds.